The number of hydrogen-bond acceptors (Lipinski definition) is 4. The van der Waals surface area contributed by atoms with Crippen LogP contribution in [-0.4, -0.2) is 36.0 Å². The Morgan fingerprint density at radius 3 is 1.50 bits per heavy atom. The molecule has 0 heterocycles. The van der Waals surface area contributed by atoms with E-state index < -0.39 is 14.7 Å². The standard InChI is InChI=1S/C5H12O3Si.C3H5NO/c1-5-9(6-2,7-3)8-4;1-2-3(4)5/h5H,1H2,2-4H3;2H,1H2,(H2,4,5). The Hall–Kier alpha value is -0.953. The zero-order chi connectivity index (χ0) is 11.6. The van der Waals surface area contributed by atoms with E-state index in [9.17, 15) is 4.79 Å². The first-order chi connectivity index (χ1) is 6.51. The van der Waals surface area contributed by atoms with E-state index in [0.29, 0.717) is 0 Å². The minimum atomic E-state index is -2.43. The lowest BCUT2D eigenvalue weighted by molar-refractivity contribution is -0.113. The number of carbonyl (C=O) groups excluding carboxylic acids is 1. The maximum absolute atomic E-state index is 9.47. The van der Waals surface area contributed by atoms with Crippen LogP contribution in [0.25, 0.3) is 0 Å². The number of amides is 1. The van der Waals surface area contributed by atoms with Crippen LogP contribution in [0.2, 0.25) is 0 Å². The highest BCUT2D eigenvalue weighted by Crippen LogP contribution is 2.04. The van der Waals surface area contributed by atoms with Crippen LogP contribution < -0.4 is 5.73 Å². The summed E-state index contributed by atoms with van der Waals surface area (Å²) in [6.07, 6.45) is 1.06. The van der Waals surface area contributed by atoms with Gasteiger partial charge in [0, 0.05) is 21.3 Å². The van der Waals surface area contributed by atoms with Crippen molar-refractivity contribution in [3.05, 3.63) is 24.9 Å². The Morgan fingerprint density at radius 2 is 1.50 bits per heavy atom. The predicted molar refractivity (Wildman–Crippen MR) is 56.4 cm³/mol. The summed E-state index contributed by atoms with van der Waals surface area (Å²) in [6.45, 7) is 6.62. The molecule has 0 spiro atoms. The average molecular weight is 219 g/mol. The number of rotatable bonds is 5. The van der Waals surface area contributed by atoms with E-state index in [-0.39, 0.29) is 0 Å². The Morgan fingerprint density at radius 1 is 1.21 bits per heavy atom. The monoisotopic (exact) mass is 219 g/mol. The lowest BCUT2D eigenvalue weighted by atomic mass is 10.6. The van der Waals surface area contributed by atoms with Crippen LogP contribution >= 0.6 is 0 Å². The molecule has 0 aliphatic carbocycles. The number of primary amides is 1. The van der Waals surface area contributed by atoms with Crippen molar-refractivity contribution in [1.29, 1.82) is 0 Å². The van der Waals surface area contributed by atoms with E-state index in [1.165, 1.54) is 0 Å². The van der Waals surface area contributed by atoms with E-state index in [1.54, 1.807) is 27.0 Å². The van der Waals surface area contributed by atoms with E-state index in [1.807, 2.05) is 0 Å². The van der Waals surface area contributed by atoms with Crippen LogP contribution in [0.5, 0.6) is 0 Å². The second kappa shape index (κ2) is 8.64. The van der Waals surface area contributed by atoms with Crippen molar-refractivity contribution in [3.8, 4) is 0 Å². The van der Waals surface area contributed by atoms with Crippen molar-refractivity contribution in [1.82, 2.24) is 0 Å². The van der Waals surface area contributed by atoms with Gasteiger partial charge in [-0.05, 0) is 11.8 Å². The second-order valence-corrected chi connectivity index (χ2v) is 4.87. The third-order valence-electron chi connectivity index (χ3n) is 1.30. The number of carbonyl (C=O) groups is 1. The minimum Gasteiger partial charge on any atom is -0.374 e. The highest BCUT2D eigenvalue weighted by atomic mass is 28.4. The Labute approximate surface area is 85.5 Å². The lowest BCUT2D eigenvalue weighted by Crippen LogP contribution is -2.40. The maximum atomic E-state index is 9.47. The topological polar surface area (TPSA) is 70.8 Å². The van der Waals surface area contributed by atoms with Crippen LogP contribution in [-0.2, 0) is 18.1 Å². The molecule has 0 aromatic heterocycles. The fourth-order valence-electron chi connectivity index (χ4n) is 0.500. The van der Waals surface area contributed by atoms with Crippen molar-refractivity contribution in [3.63, 3.8) is 0 Å². The first-order valence-electron chi connectivity index (χ1n) is 3.72. The molecule has 2 N–H and O–H groups in total. The molecule has 0 aliphatic rings. The summed E-state index contributed by atoms with van der Waals surface area (Å²) in [7, 11) is 2.20. The highest BCUT2D eigenvalue weighted by Gasteiger charge is 2.33. The third kappa shape index (κ3) is 6.55. The van der Waals surface area contributed by atoms with Gasteiger partial charge >= 0.3 is 8.80 Å². The molecular formula is C8H17NO4Si. The Kier molecular flexibility index (Phi) is 9.57. The SMILES string of the molecule is C=CC(N)=O.C=C[Si](OC)(OC)OC. The summed E-state index contributed by atoms with van der Waals surface area (Å²) in [5.41, 5.74) is 6.11. The molecule has 6 heteroatoms. The average Bonchev–Trinajstić information content (AvgIpc) is 2.23. The van der Waals surface area contributed by atoms with Gasteiger partial charge in [0.1, 0.15) is 0 Å². The van der Waals surface area contributed by atoms with Gasteiger partial charge in [0.25, 0.3) is 0 Å². The molecular weight excluding hydrogens is 202 g/mol. The summed E-state index contributed by atoms with van der Waals surface area (Å²) < 4.78 is 14.9. The van der Waals surface area contributed by atoms with E-state index in [2.05, 4.69) is 18.9 Å². The molecule has 0 fully saturated rings. The second-order valence-electron chi connectivity index (χ2n) is 2.03. The van der Waals surface area contributed by atoms with Gasteiger partial charge in [-0.2, -0.15) is 0 Å². The fourth-order valence-corrected chi connectivity index (χ4v) is 1.50. The van der Waals surface area contributed by atoms with Gasteiger partial charge in [-0.25, -0.2) is 0 Å². The minimum absolute atomic E-state index is 0.481. The summed E-state index contributed by atoms with van der Waals surface area (Å²) in [5, 5.41) is 0. The molecule has 0 saturated carbocycles. The molecule has 0 rings (SSSR count). The Balaban J connectivity index is 0. The number of nitrogens with two attached hydrogens (primary N) is 1. The van der Waals surface area contributed by atoms with Gasteiger partial charge in [-0.1, -0.05) is 13.2 Å². The maximum Gasteiger partial charge on any atom is 0.528 e. The Bertz CT molecular complexity index is 184. The van der Waals surface area contributed by atoms with E-state index in [0.717, 1.165) is 6.08 Å². The molecule has 82 valence electrons. The van der Waals surface area contributed by atoms with E-state index >= 15 is 0 Å². The summed E-state index contributed by atoms with van der Waals surface area (Å²) in [6, 6.07) is 0. The molecule has 14 heavy (non-hydrogen) atoms. The quantitative estimate of drug-likeness (QED) is 0.531. The van der Waals surface area contributed by atoms with Crippen molar-refractivity contribution in [2.45, 2.75) is 0 Å². The molecule has 0 atom stereocenters. The molecule has 1 amide bonds. The molecule has 0 aliphatic heterocycles. The first kappa shape index (κ1) is 15.5. The molecule has 0 bridgehead atoms. The molecule has 0 unspecified atom stereocenters. The molecule has 0 saturated heterocycles. The van der Waals surface area contributed by atoms with Gasteiger partial charge in [0.05, 0.1) is 0 Å². The van der Waals surface area contributed by atoms with Crippen LogP contribution in [0, 0.1) is 0 Å². The largest absolute Gasteiger partial charge is 0.528 e. The number of hydrogen-bond donors (Lipinski definition) is 1. The van der Waals surface area contributed by atoms with Crippen LogP contribution in [0.4, 0.5) is 0 Å². The first-order valence-corrected chi connectivity index (χ1v) is 5.53. The zero-order valence-electron chi connectivity index (χ0n) is 8.78. The third-order valence-corrected chi connectivity index (χ3v) is 3.51. The molecule has 0 aromatic carbocycles. The van der Waals surface area contributed by atoms with Crippen molar-refractivity contribution >= 4 is 14.7 Å². The lowest BCUT2D eigenvalue weighted by Gasteiger charge is -2.19. The smallest absolute Gasteiger partial charge is 0.374 e. The van der Waals surface area contributed by atoms with E-state index in [4.69, 9.17) is 13.3 Å². The summed E-state index contributed by atoms with van der Waals surface area (Å²) >= 11 is 0. The summed E-state index contributed by atoms with van der Waals surface area (Å²) in [4.78, 5) is 9.47. The van der Waals surface area contributed by atoms with Crippen molar-refractivity contribution in [2.75, 3.05) is 21.3 Å². The van der Waals surface area contributed by atoms with Gasteiger partial charge in [-0.3, -0.25) is 4.79 Å². The molecule has 5 nitrogen and oxygen atoms in total. The van der Waals surface area contributed by atoms with Gasteiger partial charge < -0.3 is 19.0 Å². The normalized spacial score (nSPS) is 9.64. The van der Waals surface area contributed by atoms with Gasteiger partial charge in [-0.15, -0.1) is 0 Å². The molecule has 0 aromatic rings. The van der Waals surface area contributed by atoms with Crippen LogP contribution in [0.3, 0.4) is 0 Å². The van der Waals surface area contributed by atoms with Gasteiger partial charge in [0.15, 0.2) is 0 Å². The molecule has 0 radical (unpaired) electrons. The van der Waals surface area contributed by atoms with Gasteiger partial charge in [0.2, 0.25) is 5.91 Å². The fraction of sp³-hybridized carbons (Fsp3) is 0.375. The predicted octanol–water partition coefficient (Wildman–Crippen LogP) is 0.247. The van der Waals surface area contributed by atoms with Crippen molar-refractivity contribution in [2.24, 2.45) is 5.73 Å². The highest BCUT2D eigenvalue weighted by molar-refractivity contribution is 6.66. The van der Waals surface area contributed by atoms with Crippen molar-refractivity contribution < 1.29 is 18.1 Å². The van der Waals surface area contributed by atoms with Crippen LogP contribution in [0.1, 0.15) is 0 Å². The zero-order valence-corrected chi connectivity index (χ0v) is 9.78. The summed E-state index contributed by atoms with van der Waals surface area (Å²) in [5.74, 6) is -0.481. The van der Waals surface area contributed by atoms with Crippen LogP contribution in [0.15, 0.2) is 24.9 Å².